The highest BCUT2D eigenvalue weighted by atomic mass is 32.2. The summed E-state index contributed by atoms with van der Waals surface area (Å²) in [5.74, 6) is -0.959. The lowest BCUT2D eigenvalue weighted by Crippen LogP contribution is -2.29. The molecule has 26 heavy (non-hydrogen) atoms. The fourth-order valence-corrected chi connectivity index (χ4v) is 4.57. The molecule has 136 valence electrons. The minimum atomic E-state index is -3.91. The molecule has 2 heterocycles. The van der Waals surface area contributed by atoms with Gasteiger partial charge in [-0.1, -0.05) is 24.3 Å². The van der Waals surface area contributed by atoms with Crippen molar-refractivity contribution in [2.45, 2.75) is 23.3 Å². The van der Waals surface area contributed by atoms with Gasteiger partial charge in [-0.15, -0.1) is 0 Å². The van der Waals surface area contributed by atoms with Gasteiger partial charge in [0.25, 0.3) is 10.0 Å². The van der Waals surface area contributed by atoms with Crippen LogP contribution in [0.1, 0.15) is 28.3 Å². The van der Waals surface area contributed by atoms with Crippen molar-refractivity contribution in [2.75, 3.05) is 17.9 Å². The lowest BCUT2D eigenvalue weighted by atomic mass is 9.88. The van der Waals surface area contributed by atoms with Crippen LogP contribution in [0.3, 0.4) is 0 Å². The summed E-state index contributed by atoms with van der Waals surface area (Å²) in [6.45, 7) is 0.857. The van der Waals surface area contributed by atoms with E-state index in [0.717, 1.165) is 12.0 Å². The average Bonchev–Trinajstić information content (AvgIpc) is 3.10. The fraction of sp³-hybridized carbons (Fsp3) is 0.278. The van der Waals surface area contributed by atoms with E-state index in [1.165, 1.54) is 18.2 Å². The zero-order chi connectivity index (χ0) is 18.3. The lowest BCUT2D eigenvalue weighted by molar-refractivity contribution is 0.0484. The second kappa shape index (κ2) is 6.30. The van der Waals surface area contributed by atoms with E-state index in [0.29, 0.717) is 6.61 Å². The molecule has 2 atom stereocenters. The predicted molar refractivity (Wildman–Crippen MR) is 93.2 cm³/mol. The van der Waals surface area contributed by atoms with Crippen LogP contribution in [0.25, 0.3) is 0 Å². The molecule has 0 aliphatic carbocycles. The normalized spacial score (nSPS) is 21.4. The Morgan fingerprint density at radius 2 is 1.92 bits per heavy atom. The van der Waals surface area contributed by atoms with E-state index in [2.05, 4.69) is 4.72 Å². The first-order chi connectivity index (χ1) is 12.5. The molecule has 0 radical (unpaired) electrons. The van der Waals surface area contributed by atoms with Crippen molar-refractivity contribution in [1.82, 2.24) is 0 Å². The summed E-state index contributed by atoms with van der Waals surface area (Å²) in [5, 5.41) is 9.68. The Kier molecular flexibility index (Phi) is 4.08. The topological polar surface area (TPSA) is 102 Å². The third kappa shape index (κ3) is 2.81. The molecule has 2 N–H and O–H groups in total. The Bertz CT molecular complexity index is 957. The monoisotopic (exact) mass is 375 g/mol. The third-order valence-electron chi connectivity index (χ3n) is 4.70. The van der Waals surface area contributed by atoms with Gasteiger partial charge in [-0.25, -0.2) is 13.2 Å². The smallest absolute Gasteiger partial charge is 0.341 e. The zero-order valence-corrected chi connectivity index (χ0v) is 14.5. The summed E-state index contributed by atoms with van der Waals surface area (Å²) >= 11 is 0. The van der Waals surface area contributed by atoms with Gasteiger partial charge in [-0.05, 0) is 24.6 Å². The number of aromatic carboxylic acids is 1. The van der Waals surface area contributed by atoms with Crippen molar-refractivity contribution in [3.8, 4) is 5.75 Å². The van der Waals surface area contributed by atoms with Crippen LogP contribution < -0.4 is 9.46 Å². The molecule has 0 amide bonds. The molecule has 2 aromatic rings. The summed E-state index contributed by atoms with van der Waals surface area (Å²) in [5.41, 5.74) is 0.559. The maximum Gasteiger partial charge on any atom is 0.341 e. The van der Waals surface area contributed by atoms with Crippen molar-refractivity contribution < 1.29 is 27.8 Å². The molecule has 1 fully saturated rings. The molecule has 2 aliphatic heterocycles. The van der Waals surface area contributed by atoms with Crippen LogP contribution in [-0.4, -0.2) is 38.8 Å². The minimum Gasteiger partial charge on any atom is -0.490 e. The SMILES string of the molecule is O=C(O)c1c(NS(=O)(=O)c2ccccc2)ccc2c1OCC1OCCC21. The maximum atomic E-state index is 12.6. The number of nitrogens with one attached hydrogen (secondary N) is 1. The summed E-state index contributed by atoms with van der Waals surface area (Å²) in [6, 6.07) is 11.0. The summed E-state index contributed by atoms with van der Waals surface area (Å²) in [7, 11) is -3.91. The molecule has 2 unspecified atom stereocenters. The minimum absolute atomic E-state index is 0.0162. The molecule has 0 spiro atoms. The van der Waals surface area contributed by atoms with Gasteiger partial charge in [0, 0.05) is 18.1 Å². The Morgan fingerprint density at radius 3 is 2.65 bits per heavy atom. The van der Waals surface area contributed by atoms with E-state index in [1.807, 2.05) is 0 Å². The van der Waals surface area contributed by atoms with E-state index in [-0.39, 0.29) is 40.5 Å². The van der Waals surface area contributed by atoms with Gasteiger partial charge in [0.05, 0.1) is 16.7 Å². The standard InChI is InChI=1S/C18H17NO6S/c20-18(21)16-14(19-26(22,23)11-4-2-1-3-5-11)7-6-13-12-8-9-24-15(12)10-25-17(13)16/h1-7,12,15,19H,8-10H2,(H,20,21). The molecule has 8 heteroatoms. The number of anilines is 1. The van der Waals surface area contributed by atoms with E-state index < -0.39 is 16.0 Å². The third-order valence-corrected chi connectivity index (χ3v) is 6.08. The Hall–Kier alpha value is -2.58. The Labute approximate surface area is 150 Å². The van der Waals surface area contributed by atoms with Gasteiger partial charge < -0.3 is 14.6 Å². The number of carbonyl (C=O) groups is 1. The Morgan fingerprint density at radius 1 is 1.15 bits per heavy atom. The van der Waals surface area contributed by atoms with Crippen molar-refractivity contribution in [1.29, 1.82) is 0 Å². The molecular formula is C18H17NO6S. The molecule has 0 saturated carbocycles. The first-order valence-electron chi connectivity index (χ1n) is 8.20. The number of hydrogen-bond acceptors (Lipinski definition) is 5. The molecular weight excluding hydrogens is 358 g/mol. The largest absolute Gasteiger partial charge is 0.490 e. The molecule has 2 aliphatic rings. The van der Waals surface area contributed by atoms with E-state index in [4.69, 9.17) is 9.47 Å². The van der Waals surface area contributed by atoms with Crippen LogP contribution in [0.2, 0.25) is 0 Å². The van der Waals surface area contributed by atoms with E-state index in [9.17, 15) is 18.3 Å². The molecule has 1 saturated heterocycles. The number of fused-ring (bicyclic) bond motifs is 3. The molecule has 2 aromatic carbocycles. The molecule has 0 aromatic heterocycles. The molecule has 4 rings (SSSR count). The zero-order valence-electron chi connectivity index (χ0n) is 13.7. The van der Waals surface area contributed by atoms with Gasteiger partial charge in [0.2, 0.25) is 0 Å². The number of rotatable bonds is 4. The number of ether oxygens (including phenoxy) is 2. The second-order valence-electron chi connectivity index (χ2n) is 6.25. The van der Waals surface area contributed by atoms with Gasteiger partial charge in [-0.2, -0.15) is 0 Å². The highest BCUT2D eigenvalue weighted by molar-refractivity contribution is 7.92. The highest BCUT2D eigenvalue weighted by Gasteiger charge is 2.38. The fourth-order valence-electron chi connectivity index (χ4n) is 3.48. The molecule has 0 bridgehead atoms. The van der Waals surface area contributed by atoms with E-state index in [1.54, 1.807) is 24.3 Å². The van der Waals surface area contributed by atoms with Crippen LogP contribution in [0.15, 0.2) is 47.4 Å². The van der Waals surface area contributed by atoms with Crippen molar-refractivity contribution in [3.05, 3.63) is 53.6 Å². The quantitative estimate of drug-likeness (QED) is 0.851. The molecule has 7 nitrogen and oxygen atoms in total. The number of hydrogen-bond donors (Lipinski definition) is 2. The summed E-state index contributed by atoms with van der Waals surface area (Å²) < 4.78 is 38.7. The van der Waals surface area contributed by atoms with Crippen LogP contribution in [0.4, 0.5) is 5.69 Å². The van der Waals surface area contributed by atoms with Gasteiger partial charge in [-0.3, -0.25) is 4.72 Å². The summed E-state index contributed by atoms with van der Waals surface area (Å²) in [4.78, 5) is 11.9. The van der Waals surface area contributed by atoms with Crippen LogP contribution >= 0.6 is 0 Å². The van der Waals surface area contributed by atoms with Crippen molar-refractivity contribution in [3.63, 3.8) is 0 Å². The van der Waals surface area contributed by atoms with E-state index >= 15 is 0 Å². The second-order valence-corrected chi connectivity index (χ2v) is 7.93. The van der Waals surface area contributed by atoms with Crippen LogP contribution in [0.5, 0.6) is 5.75 Å². The Balaban J connectivity index is 1.77. The number of benzene rings is 2. The van der Waals surface area contributed by atoms with Gasteiger partial charge >= 0.3 is 5.97 Å². The number of carboxylic acids is 1. The van der Waals surface area contributed by atoms with Crippen LogP contribution in [0, 0.1) is 0 Å². The lowest BCUT2D eigenvalue weighted by Gasteiger charge is -2.29. The average molecular weight is 375 g/mol. The predicted octanol–water partition coefficient (Wildman–Crippen LogP) is 2.45. The van der Waals surface area contributed by atoms with Gasteiger partial charge in [0.15, 0.2) is 0 Å². The highest BCUT2D eigenvalue weighted by Crippen LogP contribution is 2.44. The number of sulfonamides is 1. The first-order valence-corrected chi connectivity index (χ1v) is 9.68. The number of carboxylic acid groups (broad SMARTS) is 1. The van der Waals surface area contributed by atoms with Crippen molar-refractivity contribution >= 4 is 21.7 Å². The summed E-state index contributed by atoms with van der Waals surface area (Å²) in [6.07, 6.45) is 0.700. The first kappa shape index (κ1) is 16.9. The van der Waals surface area contributed by atoms with Gasteiger partial charge in [0.1, 0.15) is 17.9 Å². The van der Waals surface area contributed by atoms with Crippen molar-refractivity contribution in [2.24, 2.45) is 0 Å². The van der Waals surface area contributed by atoms with Crippen LogP contribution in [-0.2, 0) is 14.8 Å². The maximum absolute atomic E-state index is 12.6.